The smallest absolute Gasteiger partial charge is 0.343 e. The monoisotopic (exact) mass is 503 g/mol. The van der Waals surface area contributed by atoms with E-state index >= 15 is 0 Å². The number of esters is 1. The number of carbonyl (C=O) groups is 1. The predicted molar refractivity (Wildman–Crippen MR) is 130 cm³/mol. The van der Waals surface area contributed by atoms with Crippen LogP contribution in [-0.2, 0) is 0 Å². The number of nitriles is 1. The summed E-state index contributed by atoms with van der Waals surface area (Å²) >= 11 is 0. The van der Waals surface area contributed by atoms with Crippen LogP contribution in [0, 0.1) is 21.4 Å². The molecule has 0 bridgehead atoms. The van der Waals surface area contributed by atoms with Crippen molar-refractivity contribution >= 4 is 11.7 Å². The number of non-ortho nitro benzene ring substituents is 1. The number of benzene rings is 3. The van der Waals surface area contributed by atoms with Gasteiger partial charge in [0.15, 0.2) is 11.5 Å². The lowest BCUT2D eigenvalue weighted by Crippen LogP contribution is -2.21. The molecule has 0 saturated carbocycles. The molecule has 37 heavy (non-hydrogen) atoms. The van der Waals surface area contributed by atoms with Gasteiger partial charge in [0, 0.05) is 23.8 Å². The molecule has 4 rings (SSSR count). The molecule has 0 aliphatic carbocycles. The Bertz CT molecular complexity index is 1450. The number of nitro groups is 1. The highest BCUT2D eigenvalue weighted by Crippen LogP contribution is 2.44. The van der Waals surface area contributed by atoms with Crippen molar-refractivity contribution < 1.29 is 33.4 Å². The van der Waals surface area contributed by atoms with Crippen LogP contribution in [0.1, 0.15) is 27.4 Å². The first kappa shape index (κ1) is 24.9. The molecule has 0 saturated heterocycles. The average Bonchev–Trinajstić information content (AvgIpc) is 2.91. The van der Waals surface area contributed by atoms with Gasteiger partial charge in [-0.05, 0) is 23.8 Å². The number of nitro benzene ring substituents is 1. The van der Waals surface area contributed by atoms with E-state index in [4.69, 9.17) is 29.4 Å². The molecule has 1 unspecified atom stereocenters. The van der Waals surface area contributed by atoms with E-state index in [1.807, 2.05) is 6.07 Å². The van der Waals surface area contributed by atoms with E-state index in [1.165, 1.54) is 63.8 Å². The first-order valence-electron chi connectivity index (χ1n) is 10.8. The van der Waals surface area contributed by atoms with Gasteiger partial charge in [0.05, 0.1) is 37.7 Å². The topological polar surface area (TPSA) is 156 Å². The van der Waals surface area contributed by atoms with E-state index in [0.717, 1.165) is 0 Å². The Morgan fingerprint density at radius 1 is 1.05 bits per heavy atom. The zero-order valence-corrected chi connectivity index (χ0v) is 20.0. The minimum absolute atomic E-state index is 0.107. The molecule has 1 heterocycles. The molecule has 3 aromatic rings. The van der Waals surface area contributed by atoms with Crippen LogP contribution in [0.5, 0.6) is 28.7 Å². The summed E-state index contributed by atoms with van der Waals surface area (Å²) in [7, 11) is 4.31. The summed E-state index contributed by atoms with van der Waals surface area (Å²) in [4.78, 5) is 23.7. The van der Waals surface area contributed by atoms with Gasteiger partial charge in [-0.25, -0.2) is 4.79 Å². The minimum Gasteiger partial charge on any atom is -0.493 e. The summed E-state index contributed by atoms with van der Waals surface area (Å²) in [6, 6.07) is 15.5. The molecule has 1 atom stereocenters. The lowest BCUT2D eigenvalue weighted by molar-refractivity contribution is -0.384. The summed E-state index contributed by atoms with van der Waals surface area (Å²) in [5, 5.41) is 21.0. The van der Waals surface area contributed by atoms with Crippen molar-refractivity contribution in [2.45, 2.75) is 5.92 Å². The van der Waals surface area contributed by atoms with E-state index in [0.29, 0.717) is 16.9 Å². The second-order valence-electron chi connectivity index (χ2n) is 7.78. The number of fused-ring (bicyclic) bond motifs is 1. The maximum atomic E-state index is 12.9. The van der Waals surface area contributed by atoms with Crippen LogP contribution in [0.4, 0.5) is 5.69 Å². The summed E-state index contributed by atoms with van der Waals surface area (Å²) in [6.07, 6.45) is 0. The maximum absolute atomic E-state index is 12.9. The zero-order valence-electron chi connectivity index (χ0n) is 20.0. The van der Waals surface area contributed by atoms with Gasteiger partial charge in [-0.15, -0.1) is 0 Å². The number of carbonyl (C=O) groups excluding carboxylic acids is 1. The van der Waals surface area contributed by atoms with Crippen LogP contribution in [0.3, 0.4) is 0 Å². The molecule has 1 aliphatic heterocycles. The molecule has 0 aromatic heterocycles. The van der Waals surface area contributed by atoms with Gasteiger partial charge >= 0.3 is 5.97 Å². The van der Waals surface area contributed by atoms with E-state index in [2.05, 4.69) is 0 Å². The number of rotatable bonds is 7. The summed E-state index contributed by atoms with van der Waals surface area (Å²) in [5.41, 5.74) is 7.16. The van der Waals surface area contributed by atoms with E-state index < -0.39 is 16.8 Å². The van der Waals surface area contributed by atoms with Gasteiger partial charge in [-0.3, -0.25) is 10.1 Å². The van der Waals surface area contributed by atoms with Crippen molar-refractivity contribution in [3.05, 3.63) is 92.9 Å². The number of hydrogen-bond donors (Lipinski definition) is 1. The van der Waals surface area contributed by atoms with Crippen LogP contribution in [0.2, 0.25) is 0 Å². The Kier molecular flexibility index (Phi) is 6.84. The number of allylic oxidation sites excluding steroid dienone is 1. The van der Waals surface area contributed by atoms with E-state index in [1.54, 1.807) is 12.1 Å². The number of nitrogens with two attached hydrogens (primary N) is 1. The number of ether oxygens (including phenoxy) is 5. The third-order valence-electron chi connectivity index (χ3n) is 5.72. The van der Waals surface area contributed by atoms with Crippen molar-refractivity contribution in [2.75, 3.05) is 21.3 Å². The largest absolute Gasteiger partial charge is 0.493 e. The van der Waals surface area contributed by atoms with Crippen molar-refractivity contribution in [2.24, 2.45) is 5.73 Å². The first-order valence-corrected chi connectivity index (χ1v) is 10.8. The number of hydrogen-bond acceptors (Lipinski definition) is 10. The molecule has 3 aromatic carbocycles. The quantitative estimate of drug-likeness (QED) is 0.216. The highest BCUT2D eigenvalue weighted by molar-refractivity contribution is 5.92. The fourth-order valence-electron chi connectivity index (χ4n) is 4.02. The maximum Gasteiger partial charge on any atom is 0.343 e. The molecule has 0 spiro atoms. The van der Waals surface area contributed by atoms with Gasteiger partial charge in [0.2, 0.25) is 11.6 Å². The molecule has 0 fully saturated rings. The molecular weight excluding hydrogens is 482 g/mol. The Morgan fingerprint density at radius 3 is 2.35 bits per heavy atom. The van der Waals surface area contributed by atoms with Crippen LogP contribution in [0.15, 0.2) is 66.1 Å². The fourth-order valence-corrected chi connectivity index (χ4v) is 4.02. The van der Waals surface area contributed by atoms with E-state index in [9.17, 15) is 20.2 Å². The molecule has 11 nitrogen and oxygen atoms in total. The summed E-state index contributed by atoms with van der Waals surface area (Å²) < 4.78 is 27.0. The molecule has 188 valence electrons. The predicted octanol–water partition coefficient (Wildman–Crippen LogP) is 4.06. The van der Waals surface area contributed by atoms with Crippen LogP contribution >= 0.6 is 0 Å². The Morgan fingerprint density at radius 2 is 1.76 bits per heavy atom. The van der Waals surface area contributed by atoms with Gasteiger partial charge in [0.1, 0.15) is 23.1 Å². The third kappa shape index (κ3) is 4.68. The summed E-state index contributed by atoms with van der Waals surface area (Å²) in [5.74, 6) is -0.300. The van der Waals surface area contributed by atoms with Gasteiger partial charge in [-0.1, -0.05) is 18.2 Å². The molecular formula is C26H21N3O8. The van der Waals surface area contributed by atoms with Gasteiger partial charge in [-0.2, -0.15) is 5.26 Å². The molecule has 0 amide bonds. The highest BCUT2D eigenvalue weighted by atomic mass is 16.6. The van der Waals surface area contributed by atoms with Crippen LogP contribution in [-0.4, -0.2) is 32.2 Å². The average molecular weight is 503 g/mol. The molecule has 2 N–H and O–H groups in total. The fraction of sp³-hybridized carbons (Fsp3) is 0.154. The first-order chi connectivity index (χ1) is 17.8. The lowest BCUT2D eigenvalue weighted by Gasteiger charge is -2.26. The SMILES string of the molecule is COc1cc(C(=O)Oc2ccc3c(c2)OC(N)=C(C#N)C3c2cccc([N+](=O)[O-])c2)cc(OC)c1OC. The second kappa shape index (κ2) is 10.2. The van der Waals surface area contributed by atoms with Crippen molar-refractivity contribution in [3.8, 4) is 34.8 Å². The van der Waals surface area contributed by atoms with Crippen LogP contribution < -0.4 is 29.4 Å². The Balaban J connectivity index is 1.69. The van der Waals surface area contributed by atoms with Crippen molar-refractivity contribution in [1.29, 1.82) is 5.26 Å². The second-order valence-corrected chi connectivity index (χ2v) is 7.78. The molecule has 0 radical (unpaired) electrons. The van der Waals surface area contributed by atoms with Crippen molar-refractivity contribution in [1.82, 2.24) is 0 Å². The van der Waals surface area contributed by atoms with E-state index in [-0.39, 0.29) is 45.7 Å². The Labute approximate surface area is 211 Å². The molecule has 11 heteroatoms. The Hall–Kier alpha value is -5.24. The highest BCUT2D eigenvalue weighted by Gasteiger charge is 2.32. The minimum atomic E-state index is -0.714. The van der Waals surface area contributed by atoms with Gasteiger partial charge < -0.3 is 29.4 Å². The summed E-state index contributed by atoms with van der Waals surface area (Å²) in [6.45, 7) is 0. The molecule has 1 aliphatic rings. The van der Waals surface area contributed by atoms with Crippen LogP contribution in [0.25, 0.3) is 0 Å². The number of methoxy groups -OCH3 is 3. The van der Waals surface area contributed by atoms with Crippen molar-refractivity contribution in [3.63, 3.8) is 0 Å². The third-order valence-corrected chi connectivity index (χ3v) is 5.72. The zero-order chi connectivity index (χ0) is 26.7. The van der Waals surface area contributed by atoms with Gasteiger partial charge in [0.25, 0.3) is 5.69 Å². The number of nitrogens with zero attached hydrogens (tertiary/aromatic N) is 2. The normalized spacial score (nSPS) is 14.1. The lowest BCUT2D eigenvalue weighted by atomic mass is 9.83. The standard InChI is InChI=1S/C26H21N3O8/c1-33-21-10-15(11-22(34-2)24(21)35-3)26(30)36-17-7-8-18-20(12-17)37-25(28)19(13-27)23(18)14-5-4-6-16(9-14)29(31)32/h4-12,23H,28H2,1-3H3.